The van der Waals surface area contributed by atoms with Crippen molar-refractivity contribution in [2.75, 3.05) is 0 Å². The highest BCUT2D eigenvalue weighted by Gasteiger charge is 2.26. The number of hydrogen-bond acceptors (Lipinski definition) is 7. The average Bonchev–Trinajstić information content (AvgIpc) is 2.68. The van der Waals surface area contributed by atoms with Crippen LogP contribution in [0.15, 0.2) is 48.5 Å². The van der Waals surface area contributed by atoms with Gasteiger partial charge in [-0.15, -0.1) is 0 Å². The second kappa shape index (κ2) is 7.69. The van der Waals surface area contributed by atoms with E-state index in [-0.39, 0.29) is 22.8 Å². The van der Waals surface area contributed by atoms with Crippen LogP contribution in [0, 0.1) is 11.3 Å². The Kier molecular flexibility index (Phi) is 5.34. The van der Waals surface area contributed by atoms with Crippen LogP contribution in [0.5, 0.6) is 23.3 Å². The summed E-state index contributed by atoms with van der Waals surface area (Å²) in [4.78, 5) is 8.41. The van der Waals surface area contributed by atoms with E-state index in [1.165, 1.54) is 0 Å². The molecule has 0 radical (unpaired) electrons. The van der Waals surface area contributed by atoms with E-state index in [2.05, 4.69) is 9.82 Å². The molecular formula is C19H14IN3O4. The third-order valence-electron chi connectivity index (χ3n) is 4.05. The van der Waals surface area contributed by atoms with Gasteiger partial charge in [0.15, 0.2) is 5.56 Å². The molecule has 3 aromatic rings. The number of phenolic OH excluding ortho intramolecular Hbond substituents is 1. The quantitative estimate of drug-likeness (QED) is 0.258. The molecule has 27 heavy (non-hydrogen) atoms. The van der Waals surface area contributed by atoms with Crippen molar-refractivity contribution >= 4 is 22.6 Å². The van der Waals surface area contributed by atoms with Crippen LogP contribution in [0.25, 0.3) is 11.1 Å². The zero-order valence-corrected chi connectivity index (χ0v) is 16.0. The van der Waals surface area contributed by atoms with Gasteiger partial charge in [0, 0.05) is 5.56 Å². The largest absolute Gasteiger partial charge is 0.507 e. The summed E-state index contributed by atoms with van der Waals surface area (Å²) in [6, 6.07) is 16.0. The number of nitriles is 1. The van der Waals surface area contributed by atoms with E-state index in [1.807, 2.05) is 52.9 Å². The number of alkyl halides is 1. The van der Waals surface area contributed by atoms with Crippen molar-refractivity contribution in [3.05, 3.63) is 65.2 Å². The fourth-order valence-electron chi connectivity index (χ4n) is 2.69. The number of phenols is 1. The van der Waals surface area contributed by atoms with Crippen molar-refractivity contribution in [3.8, 4) is 40.5 Å². The molecule has 1 atom stereocenters. The molecule has 8 heteroatoms. The van der Waals surface area contributed by atoms with Gasteiger partial charge in [0.2, 0.25) is 11.8 Å². The van der Waals surface area contributed by atoms with Crippen LogP contribution in [0.1, 0.15) is 20.6 Å². The van der Waals surface area contributed by atoms with E-state index < -0.39 is 15.6 Å². The molecule has 1 heterocycles. The first kappa shape index (κ1) is 18.8. The predicted molar refractivity (Wildman–Crippen MR) is 107 cm³/mol. The van der Waals surface area contributed by atoms with Gasteiger partial charge in [-0.2, -0.15) is 16.1 Å². The van der Waals surface area contributed by atoms with Gasteiger partial charge in [0.05, 0.1) is 9.49 Å². The standard InChI is InChI=1S/C19H14IN3O4/c20-16(15-17(25)13(9-21)18(26)23-19(15)27-22)11-7-5-10(6-8-11)12-3-1-2-4-14(12)24/h1-8,16,24H,22H2,(H2,23,25,26). The summed E-state index contributed by atoms with van der Waals surface area (Å²) in [5, 5.41) is 39.2. The molecule has 0 aliphatic rings. The monoisotopic (exact) mass is 475 g/mol. The Morgan fingerprint density at radius 1 is 1.07 bits per heavy atom. The highest BCUT2D eigenvalue weighted by Crippen LogP contribution is 2.45. The Bertz CT molecular complexity index is 1030. The van der Waals surface area contributed by atoms with E-state index in [0.717, 1.165) is 11.1 Å². The molecule has 7 nitrogen and oxygen atoms in total. The van der Waals surface area contributed by atoms with Crippen molar-refractivity contribution in [2.45, 2.75) is 3.92 Å². The number of pyridine rings is 1. The van der Waals surface area contributed by atoms with E-state index in [9.17, 15) is 15.3 Å². The molecule has 1 unspecified atom stereocenters. The maximum absolute atomic E-state index is 10.4. The SMILES string of the molecule is N#Cc1c(O)nc(ON)c(C(I)c2ccc(-c3ccccc3O)cc2)c1O. The minimum absolute atomic E-state index is 0.173. The van der Waals surface area contributed by atoms with E-state index in [4.69, 9.17) is 11.2 Å². The van der Waals surface area contributed by atoms with Crippen LogP contribution in [-0.4, -0.2) is 20.3 Å². The third kappa shape index (κ3) is 3.47. The molecular weight excluding hydrogens is 461 g/mol. The normalized spacial score (nSPS) is 11.6. The van der Waals surface area contributed by atoms with Crippen molar-refractivity contribution in [2.24, 2.45) is 5.90 Å². The Hall–Kier alpha value is -3.03. The second-order valence-electron chi connectivity index (χ2n) is 5.61. The summed E-state index contributed by atoms with van der Waals surface area (Å²) in [5.74, 6) is 4.13. The van der Waals surface area contributed by atoms with Crippen molar-refractivity contribution in [3.63, 3.8) is 0 Å². The molecule has 0 saturated carbocycles. The summed E-state index contributed by atoms with van der Waals surface area (Å²) in [6.45, 7) is 0. The number of benzene rings is 2. The summed E-state index contributed by atoms with van der Waals surface area (Å²) in [7, 11) is 0. The van der Waals surface area contributed by atoms with Crippen LogP contribution in [0.4, 0.5) is 0 Å². The van der Waals surface area contributed by atoms with Gasteiger partial charge in [0.1, 0.15) is 17.6 Å². The number of aromatic hydroxyl groups is 3. The van der Waals surface area contributed by atoms with Crippen LogP contribution in [-0.2, 0) is 0 Å². The molecule has 0 saturated heterocycles. The number of hydrogen-bond donors (Lipinski definition) is 4. The second-order valence-corrected chi connectivity index (χ2v) is 6.85. The Labute approximate surface area is 168 Å². The number of rotatable bonds is 4. The topological polar surface area (TPSA) is 133 Å². The molecule has 0 fully saturated rings. The average molecular weight is 475 g/mol. The van der Waals surface area contributed by atoms with E-state index >= 15 is 0 Å². The van der Waals surface area contributed by atoms with Crippen LogP contribution in [0.3, 0.4) is 0 Å². The number of halogens is 1. The molecule has 3 rings (SSSR count). The fourth-order valence-corrected chi connectivity index (χ4v) is 3.67. The van der Waals surface area contributed by atoms with Gasteiger partial charge in [-0.3, -0.25) is 0 Å². The molecule has 0 aliphatic carbocycles. The van der Waals surface area contributed by atoms with Crippen molar-refractivity contribution in [1.29, 1.82) is 5.26 Å². The van der Waals surface area contributed by atoms with Gasteiger partial charge in [0.25, 0.3) is 0 Å². The van der Waals surface area contributed by atoms with Crippen LogP contribution in [0.2, 0.25) is 0 Å². The summed E-state index contributed by atoms with van der Waals surface area (Å²) >= 11 is 2.05. The lowest BCUT2D eigenvalue weighted by molar-refractivity contribution is 0.305. The molecule has 0 spiro atoms. The van der Waals surface area contributed by atoms with Gasteiger partial charge in [-0.25, -0.2) is 0 Å². The summed E-state index contributed by atoms with van der Waals surface area (Å²) < 4.78 is -0.459. The molecule has 0 amide bonds. The van der Waals surface area contributed by atoms with Crippen molar-refractivity contribution < 1.29 is 20.2 Å². The number of para-hydroxylation sites is 1. The van der Waals surface area contributed by atoms with Gasteiger partial charge >= 0.3 is 0 Å². The summed E-state index contributed by atoms with van der Waals surface area (Å²) in [6.07, 6.45) is 0. The lowest BCUT2D eigenvalue weighted by atomic mass is 9.99. The first-order valence-corrected chi connectivity index (χ1v) is 8.97. The van der Waals surface area contributed by atoms with Gasteiger partial charge in [-0.1, -0.05) is 65.1 Å². The van der Waals surface area contributed by atoms with E-state index in [0.29, 0.717) is 5.56 Å². The molecule has 2 aromatic carbocycles. The molecule has 0 bridgehead atoms. The maximum atomic E-state index is 10.4. The van der Waals surface area contributed by atoms with Crippen LogP contribution >= 0.6 is 22.6 Å². The molecule has 5 N–H and O–H groups in total. The van der Waals surface area contributed by atoms with Crippen molar-refractivity contribution in [1.82, 2.24) is 4.98 Å². The maximum Gasteiger partial charge on any atom is 0.249 e. The minimum atomic E-state index is -0.655. The summed E-state index contributed by atoms with van der Waals surface area (Å²) in [5.41, 5.74) is 2.13. The minimum Gasteiger partial charge on any atom is -0.507 e. The smallest absolute Gasteiger partial charge is 0.249 e. The Morgan fingerprint density at radius 3 is 2.33 bits per heavy atom. The van der Waals surface area contributed by atoms with Gasteiger partial charge < -0.3 is 20.2 Å². The predicted octanol–water partition coefficient (Wildman–Crippen LogP) is 3.51. The highest BCUT2D eigenvalue weighted by molar-refractivity contribution is 14.1. The Balaban J connectivity index is 2.03. The zero-order chi connectivity index (χ0) is 19.6. The molecule has 1 aromatic heterocycles. The third-order valence-corrected chi connectivity index (χ3v) is 5.39. The molecule has 136 valence electrons. The zero-order valence-electron chi connectivity index (χ0n) is 13.8. The van der Waals surface area contributed by atoms with E-state index in [1.54, 1.807) is 24.3 Å². The highest BCUT2D eigenvalue weighted by atomic mass is 127. The number of nitrogens with zero attached hydrogens (tertiary/aromatic N) is 2. The van der Waals surface area contributed by atoms with Gasteiger partial charge in [-0.05, 0) is 17.2 Å². The Morgan fingerprint density at radius 2 is 1.74 bits per heavy atom. The first-order chi connectivity index (χ1) is 13.0. The lowest BCUT2D eigenvalue weighted by Crippen LogP contribution is -2.09. The first-order valence-electron chi connectivity index (χ1n) is 7.73. The lowest BCUT2D eigenvalue weighted by Gasteiger charge is -2.16. The number of aromatic nitrogens is 1. The fraction of sp³-hybridized carbons (Fsp3) is 0.0526. The van der Waals surface area contributed by atoms with Crippen LogP contribution < -0.4 is 10.7 Å². The number of nitrogens with two attached hydrogens (primary N) is 1. The molecule has 0 aliphatic heterocycles.